The molecule has 5 nitrogen and oxygen atoms in total. The van der Waals surface area contributed by atoms with Crippen molar-refractivity contribution in [3.05, 3.63) is 17.0 Å². The van der Waals surface area contributed by atoms with Crippen LogP contribution >= 0.6 is 24.8 Å². The topological polar surface area (TPSA) is 75.0 Å². The Hall–Kier alpha value is -0.780. The van der Waals surface area contributed by atoms with E-state index in [4.69, 9.17) is 5.73 Å². The molecule has 0 unspecified atom stereocenters. The summed E-state index contributed by atoms with van der Waals surface area (Å²) >= 11 is 0. The minimum Gasteiger partial charge on any atom is -0.341 e. The summed E-state index contributed by atoms with van der Waals surface area (Å²) in [5.41, 5.74) is 9.36. The predicted octanol–water partition coefficient (Wildman–Crippen LogP) is 2.39. The summed E-state index contributed by atoms with van der Waals surface area (Å²) in [4.78, 5) is 14.2. The molecule has 1 aromatic heterocycles. The number of rotatable bonds is 5. The summed E-state index contributed by atoms with van der Waals surface area (Å²) in [6.07, 6.45) is 3.56. The van der Waals surface area contributed by atoms with Crippen molar-refractivity contribution < 1.29 is 4.79 Å². The number of carbonyl (C=O) groups is 1. The van der Waals surface area contributed by atoms with Crippen LogP contribution < -0.4 is 5.73 Å². The molecule has 1 aliphatic rings. The van der Waals surface area contributed by atoms with Crippen molar-refractivity contribution in [2.24, 2.45) is 11.7 Å². The highest BCUT2D eigenvalue weighted by Crippen LogP contribution is 2.21. The minimum absolute atomic E-state index is 0. The number of amides is 1. The Morgan fingerprint density at radius 1 is 1.36 bits per heavy atom. The van der Waals surface area contributed by atoms with Gasteiger partial charge in [-0.1, -0.05) is 13.3 Å². The zero-order valence-corrected chi connectivity index (χ0v) is 15.2. The lowest BCUT2D eigenvalue weighted by molar-refractivity contribution is -0.130. The highest BCUT2D eigenvalue weighted by atomic mass is 35.5. The number of likely N-dealkylation sites (tertiary alicyclic amines) is 1. The van der Waals surface area contributed by atoms with Crippen LogP contribution in [0.4, 0.5) is 0 Å². The number of nitrogens with two attached hydrogens (primary N) is 1. The molecule has 0 saturated carbocycles. The Labute approximate surface area is 145 Å². The van der Waals surface area contributed by atoms with E-state index in [1.807, 2.05) is 18.7 Å². The number of carbonyl (C=O) groups excluding carboxylic acids is 1. The monoisotopic (exact) mass is 350 g/mol. The Balaban J connectivity index is 0.00000220. The van der Waals surface area contributed by atoms with E-state index in [1.54, 1.807) is 0 Å². The maximum absolute atomic E-state index is 12.3. The lowest BCUT2D eigenvalue weighted by Crippen LogP contribution is -2.32. The highest BCUT2D eigenvalue weighted by Gasteiger charge is 2.31. The smallest absolute Gasteiger partial charge is 0.222 e. The van der Waals surface area contributed by atoms with Crippen molar-refractivity contribution in [2.45, 2.75) is 52.5 Å². The number of H-pyrrole nitrogens is 1. The SMILES string of the molecule is CCC[C@H]1CN(C(=O)CCc2c(C)n[nH]c2C)C[C@@H]1N.Cl.Cl. The molecule has 128 valence electrons. The molecule has 0 aliphatic carbocycles. The first-order valence-corrected chi connectivity index (χ1v) is 7.56. The fraction of sp³-hybridized carbons (Fsp3) is 0.733. The Kier molecular flexibility index (Phi) is 9.05. The van der Waals surface area contributed by atoms with Gasteiger partial charge in [-0.05, 0) is 38.2 Å². The molecule has 2 atom stereocenters. The molecule has 1 fully saturated rings. The first-order valence-electron chi connectivity index (χ1n) is 7.56. The number of nitrogens with zero attached hydrogens (tertiary/aromatic N) is 2. The number of nitrogens with one attached hydrogen (secondary N) is 1. The first kappa shape index (κ1) is 21.2. The van der Waals surface area contributed by atoms with Crippen molar-refractivity contribution in [1.29, 1.82) is 0 Å². The van der Waals surface area contributed by atoms with Crippen LogP contribution in [-0.2, 0) is 11.2 Å². The van der Waals surface area contributed by atoms with Crippen LogP contribution in [0.2, 0.25) is 0 Å². The van der Waals surface area contributed by atoms with Gasteiger partial charge in [-0.25, -0.2) is 0 Å². The molecule has 22 heavy (non-hydrogen) atoms. The Morgan fingerprint density at radius 3 is 2.59 bits per heavy atom. The summed E-state index contributed by atoms with van der Waals surface area (Å²) < 4.78 is 0. The van der Waals surface area contributed by atoms with Crippen LogP contribution in [0.15, 0.2) is 0 Å². The van der Waals surface area contributed by atoms with Crippen molar-refractivity contribution in [3.63, 3.8) is 0 Å². The fourth-order valence-corrected chi connectivity index (χ4v) is 3.11. The van der Waals surface area contributed by atoms with Crippen LogP contribution in [0.25, 0.3) is 0 Å². The van der Waals surface area contributed by atoms with E-state index in [0.29, 0.717) is 18.9 Å². The number of aryl methyl sites for hydroxylation is 2. The molecule has 1 saturated heterocycles. The van der Waals surface area contributed by atoms with Gasteiger partial charge in [-0.3, -0.25) is 9.89 Å². The van der Waals surface area contributed by atoms with Gasteiger partial charge in [-0.2, -0.15) is 5.10 Å². The molecule has 0 aromatic carbocycles. The van der Waals surface area contributed by atoms with E-state index < -0.39 is 0 Å². The van der Waals surface area contributed by atoms with E-state index in [0.717, 1.165) is 37.2 Å². The van der Waals surface area contributed by atoms with Crippen LogP contribution in [0, 0.1) is 19.8 Å². The van der Waals surface area contributed by atoms with Crippen LogP contribution in [0.3, 0.4) is 0 Å². The van der Waals surface area contributed by atoms with E-state index in [-0.39, 0.29) is 36.8 Å². The van der Waals surface area contributed by atoms with Crippen molar-refractivity contribution in [1.82, 2.24) is 15.1 Å². The number of hydrogen-bond acceptors (Lipinski definition) is 3. The fourth-order valence-electron chi connectivity index (χ4n) is 3.11. The zero-order valence-electron chi connectivity index (χ0n) is 13.6. The number of hydrogen-bond donors (Lipinski definition) is 2. The molecule has 1 aliphatic heterocycles. The van der Waals surface area contributed by atoms with Crippen LogP contribution in [-0.4, -0.2) is 40.1 Å². The zero-order chi connectivity index (χ0) is 14.7. The Morgan fingerprint density at radius 2 is 2.05 bits per heavy atom. The van der Waals surface area contributed by atoms with E-state index in [1.165, 1.54) is 5.56 Å². The molecule has 0 bridgehead atoms. The van der Waals surface area contributed by atoms with Crippen LogP contribution in [0.5, 0.6) is 0 Å². The quantitative estimate of drug-likeness (QED) is 0.855. The molecule has 2 heterocycles. The first-order chi connectivity index (χ1) is 9.52. The van der Waals surface area contributed by atoms with Crippen LogP contribution in [0.1, 0.15) is 43.1 Å². The van der Waals surface area contributed by atoms with Gasteiger partial charge >= 0.3 is 0 Å². The van der Waals surface area contributed by atoms with E-state index >= 15 is 0 Å². The number of aromatic nitrogens is 2. The third-order valence-electron chi connectivity index (χ3n) is 4.37. The summed E-state index contributed by atoms with van der Waals surface area (Å²) in [6, 6.07) is 0.149. The molecular formula is C15H28Cl2N4O. The molecule has 0 spiro atoms. The van der Waals surface area contributed by atoms with Gasteiger partial charge in [0, 0.05) is 31.2 Å². The maximum Gasteiger partial charge on any atom is 0.222 e. The highest BCUT2D eigenvalue weighted by molar-refractivity contribution is 5.85. The second-order valence-corrected chi connectivity index (χ2v) is 5.92. The van der Waals surface area contributed by atoms with Gasteiger partial charge in [0.15, 0.2) is 0 Å². The summed E-state index contributed by atoms with van der Waals surface area (Å²) in [6.45, 7) is 7.70. The minimum atomic E-state index is 0. The number of aromatic amines is 1. The molecule has 1 aromatic rings. The van der Waals surface area contributed by atoms with Gasteiger partial charge < -0.3 is 10.6 Å². The Bertz CT molecular complexity index is 459. The molecular weight excluding hydrogens is 323 g/mol. The predicted molar refractivity (Wildman–Crippen MR) is 93.8 cm³/mol. The second kappa shape index (κ2) is 9.38. The lowest BCUT2D eigenvalue weighted by Gasteiger charge is -2.16. The third kappa shape index (κ3) is 4.86. The molecule has 1 amide bonds. The van der Waals surface area contributed by atoms with Gasteiger partial charge in [0.1, 0.15) is 0 Å². The molecule has 2 rings (SSSR count). The summed E-state index contributed by atoms with van der Waals surface area (Å²) in [5.74, 6) is 0.695. The lowest BCUT2D eigenvalue weighted by atomic mass is 9.99. The van der Waals surface area contributed by atoms with Gasteiger partial charge in [0.05, 0.1) is 5.69 Å². The molecule has 0 radical (unpaired) electrons. The van der Waals surface area contributed by atoms with Crippen molar-refractivity contribution in [2.75, 3.05) is 13.1 Å². The van der Waals surface area contributed by atoms with Gasteiger partial charge in [0.2, 0.25) is 5.91 Å². The summed E-state index contributed by atoms with van der Waals surface area (Å²) in [5, 5.41) is 7.14. The molecule has 3 N–H and O–H groups in total. The normalized spacial score (nSPS) is 20.5. The van der Waals surface area contributed by atoms with E-state index in [9.17, 15) is 4.79 Å². The average molecular weight is 351 g/mol. The third-order valence-corrected chi connectivity index (χ3v) is 4.37. The average Bonchev–Trinajstić information content (AvgIpc) is 2.92. The second-order valence-electron chi connectivity index (χ2n) is 5.92. The maximum atomic E-state index is 12.3. The van der Waals surface area contributed by atoms with Crippen molar-refractivity contribution >= 4 is 30.7 Å². The van der Waals surface area contributed by atoms with Gasteiger partial charge in [0.25, 0.3) is 0 Å². The standard InChI is InChI=1S/C15H26N4O.2ClH/c1-4-5-12-8-19(9-14(12)16)15(20)7-6-13-10(2)17-18-11(13)3;;/h12,14H,4-9,16H2,1-3H3,(H,17,18);2*1H/t12-,14-;;/m0../s1. The van der Waals surface area contributed by atoms with E-state index in [2.05, 4.69) is 17.1 Å². The number of halogens is 2. The largest absolute Gasteiger partial charge is 0.341 e. The van der Waals surface area contributed by atoms with Crippen molar-refractivity contribution in [3.8, 4) is 0 Å². The van der Waals surface area contributed by atoms with Gasteiger partial charge in [-0.15, -0.1) is 24.8 Å². The molecule has 7 heteroatoms. The summed E-state index contributed by atoms with van der Waals surface area (Å²) in [7, 11) is 0.